The lowest BCUT2D eigenvalue weighted by Gasteiger charge is -2.34. The molecule has 0 bridgehead atoms. The van der Waals surface area contributed by atoms with Crippen LogP contribution >= 0.6 is 0 Å². The van der Waals surface area contributed by atoms with Gasteiger partial charge in [0.25, 0.3) is 0 Å². The molecule has 2 aliphatic rings. The van der Waals surface area contributed by atoms with Gasteiger partial charge in [0.1, 0.15) is 0 Å². The third-order valence-electron chi connectivity index (χ3n) is 5.12. The van der Waals surface area contributed by atoms with E-state index >= 15 is 0 Å². The summed E-state index contributed by atoms with van der Waals surface area (Å²) in [6.45, 7) is 11.0. The smallest absolute Gasteiger partial charge is 0.0249 e. The second-order valence-corrected chi connectivity index (χ2v) is 6.67. The van der Waals surface area contributed by atoms with Crippen LogP contribution < -0.4 is 5.32 Å². The van der Waals surface area contributed by atoms with Crippen molar-refractivity contribution in [3.05, 3.63) is 0 Å². The minimum atomic E-state index is 0.755. The summed E-state index contributed by atoms with van der Waals surface area (Å²) in [5.41, 5.74) is 0. The van der Waals surface area contributed by atoms with Gasteiger partial charge in [-0.3, -0.25) is 4.90 Å². The van der Waals surface area contributed by atoms with E-state index in [-0.39, 0.29) is 0 Å². The normalized spacial score (nSPS) is 38.8. The number of likely N-dealkylation sites (tertiary alicyclic amines) is 1. The first kappa shape index (κ1) is 14.3. The molecule has 0 aromatic rings. The van der Waals surface area contributed by atoms with Gasteiger partial charge in [-0.2, -0.15) is 0 Å². The van der Waals surface area contributed by atoms with Crippen LogP contribution in [0.15, 0.2) is 0 Å². The van der Waals surface area contributed by atoms with E-state index in [9.17, 15) is 0 Å². The highest BCUT2D eigenvalue weighted by Crippen LogP contribution is 2.30. The number of nitrogens with zero attached hydrogens (tertiary/aromatic N) is 1. The molecule has 0 aromatic heterocycles. The molecule has 1 N–H and O–H groups in total. The SMILES string of the molecule is CCCNC1CCCCCC1N1CC(C)C(C)C1. The highest BCUT2D eigenvalue weighted by atomic mass is 15.2. The maximum Gasteiger partial charge on any atom is 0.0249 e. The van der Waals surface area contributed by atoms with E-state index in [2.05, 4.69) is 31.0 Å². The van der Waals surface area contributed by atoms with Gasteiger partial charge in [0.15, 0.2) is 0 Å². The van der Waals surface area contributed by atoms with Gasteiger partial charge in [0.05, 0.1) is 0 Å². The molecule has 106 valence electrons. The second kappa shape index (κ2) is 6.91. The molecular formula is C16H32N2. The molecule has 18 heavy (non-hydrogen) atoms. The highest BCUT2D eigenvalue weighted by Gasteiger charge is 2.35. The minimum Gasteiger partial charge on any atom is -0.312 e. The maximum atomic E-state index is 3.83. The molecule has 1 saturated carbocycles. The Morgan fingerprint density at radius 3 is 2.33 bits per heavy atom. The lowest BCUT2D eigenvalue weighted by Crippen LogP contribution is -2.49. The third kappa shape index (κ3) is 3.48. The van der Waals surface area contributed by atoms with Gasteiger partial charge in [0.2, 0.25) is 0 Å². The van der Waals surface area contributed by atoms with E-state index in [0.717, 1.165) is 23.9 Å². The molecular weight excluding hydrogens is 220 g/mol. The Hall–Kier alpha value is -0.0800. The van der Waals surface area contributed by atoms with Crippen LogP contribution in [0.25, 0.3) is 0 Å². The molecule has 0 amide bonds. The quantitative estimate of drug-likeness (QED) is 0.773. The van der Waals surface area contributed by atoms with Gasteiger partial charge in [-0.05, 0) is 37.6 Å². The van der Waals surface area contributed by atoms with Crippen LogP contribution in [0.2, 0.25) is 0 Å². The number of hydrogen-bond donors (Lipinski definition) is 1. The van der Waals surface area contributed by atoms with Crippen LogP contribution in [0.4, 0.5) is 0 Å². The molecule has 2 nitrogen and oxygen atoms in total. The first-order valence-electron chi connectivity index (χ1n) is 8.19. The van der Waals surface area contributed by atoms with Crippen molar-refractivity contribution in [1.29, 1.82) is 0 Å². The van der Waals surface area contributed by atoms with E-state index in [0.29, 0.717) is 0 Å². The Morgan fingerprint density at radius 1 is 1.00 bits per heavy atom. The molecule has 4 unspecified atom stereocenters. The first-order valence-corrected chi connectivity index (χ1v) is 8.19. The minimum absolute atomic E-state index is 0.755. The zero-order valence-electron chi connectivity index (χ0n) is 12.6. The Morgan fingerprint density at radius 2 is 1.67 bits per heavy atom. The van der Waals surface area contributed by atoms with E-state index < -0.39 is 0 Å². The summed E-state index contributed by atoms with van der Waals surface area (Å²) < 4.78 is 0. The van der Waals surface area contributed by atoms with E-state index in [1.54, 1.807) is 0 Å². The molecule has 1 saturated heterocycles. The summed E-state index contributed by atoms with van der Waals surface area (Å²) in [5.74, 6) is 1.78. The van der Waals surface area contributed by atoms with Gasteiger partial charge in [0, 0.05) is 25.2 Å². The lowest BCUT2D eigenvalue weighted by molar-refractivity contribution is 0.174. The first-order chi connectivity index (χ1) is 8.72. The Kier molecular flexibility index (Phi) is 5.50. The molecule has 1 aliphatic carbocycles. The fourth-order valence-corrected chi connectivity index (χ4v) is 3.74. The number of nitrogens with one attached hydrogen (secondary N) is 1. The van der Waals surface area contributed by atoms with Crippen LogP contribution in [0.3, 0.4) is 0 Å². The maximum absolute atomic E-state index is 3.83. The van der Waals surface area contributed by atoms with Gasteiger partial charge in [-0.25, -0.2) is 0 Å². The molecule has 2 fully saturated rings. The van der Waals surface area contributed by atoms with Crippen molar-refractivity contribution >= 4 is 0 Å². The second-order valence-electron chi connectivity index (χ2n) is 6.67. The van der Waals surface area contributed by atoms with Crippen molar-refractivity contribution < 1.29 is 0 Å². The van der Waals surface area contributed by atoms with Crippen LogP contribution in [0.5, 0.6) is 0 Å². The molecule has 0 spiro atoms. The molecule has 2 rings (SSSR count). The fraction of sp³-hybridized carbons (Fsp3) is 1.00. The molecule has 4 atom stereocenters. The van der Waals surface area contributed by atoms with E-state index in [4.69, 9.17) is 0 Å². The average Bonchev–Trinajstić information content (AvgIpc) is 2.57. The van der Waals surface area contributed by atoms with Crippen LogP contribution in [0, 0.1) is 11.8 Å². The third-order valence-corrected chi connectivity index (χ3v) is 5.12. The largest absolute Gasteiger partial charge is 0.312 e. The standard InChI is InChI=1S/C16H32N2/c1-4-10-17-15-8-6-5-7-9-16(15)18-11-13(2)14(3)12-18/h13-17H,4-12H2,1-3H3. The topological polar surface area (TPSA) is 15.3 Å². The Bertz CT molecular complexity index is 231. The van der Waals surface area contributed by atoms with Crippen molar-refractivity contribution in [2.45, 2.75) is 71.4 Å². The van der Waals surface area contributed by atoms with Crippen LogP contribution in [0.1, 0.15) is 59.3 Å². The van der Waals surface area contributed by atoms with Gasteiger partial charge in [-0.15, -0.1) is 0 Å². The van der Waals surface area contributed by atoms with Crippen molar-refractivity contribution in [1.82, 2.24) is 10.2 Å². The Labute approximate surface area is 114 Å². The van der Waals surface area contributed by atoms with Gasteiger partial charge >= 0.3 is 0 Å². The van der Waals surface area contributed by atoms with Crippen molar-refractivity contribution in [2.24, 2.45) is 11.8 Å². The van der Waals surface area contributed by atoms with E-state index in [1.807, 2.05) is 0 Å². The van der Waals surface area contributed by atoms with Gasteiger partial charge < -0.3 is 5.32 Å². The predicted octanol–water partition coefficient (Wildman–Crippen LogP) is 3.28. The van der Waals surface area contributed by atoms with Crippen molar-refractivity contribution in [2.75, 3.05) is 19.6 Å². The predicted molar refractivity (Wildman–Crippen MR) is 78.9 cm³/mol. The molecule has 2 heteroatoms. The van der Waals surface area contributed by atoms with Crippen molar-refractivity contribution in [3.8, 4) is 0 Å². The summed E-state index contributed by atoms with van der Waals surface area (Å²) in [7, 11) is 0. The molecule has 0 radical (unpaired) electrons. The molecule has 1 aliphatic heterocycles. The van der Waals surface area contributed by atoms with E-state index in [1.165, 1.54) is 58.2 Å². The van der Waals surface area contributed by atoms with Crippen LogP contribution in [-0.2, 0) is 0 Å². The molecule has 1 heterocycles. The summed E-state index contributed by atoms with van der Waals surface area (Å²) in [6, 6.07) is 1.57. The van der Waals surface area contributed by atoms with Crippen molar-refractivity contribution in [3.63, 3.8) is 0 Å². The Balaban J connectivity index is 1.96. The number of hydrogen-bond acceptors (Lipinski definition) is 2. The lowest BCUT2D eigenvalue weighted by atomic mass is 10.0. The van der Waals surface area contributed by atoms with Gasteiger partial charge in [-0.1, -0.05) is 40.0 Å². The summed E-state index contributed by atoms with van der Waals surface area (Å²) in [5, 5.41) is 3.83. The van der Waals surface area contributed by atoms with Crippen LogP contribution in [-0.4, -0.2) is 36.6 Å². The zero-order chi connectivity index (χ0) is 13.0. The highest BCUT2D eigenvalue weighted by molar-refractivity contribution is 4.91. The summed E-state index contributed by atoms with van der Waals surface area (Å²) >= 11 is 0. The summed E-state index contributed by atoms with van der Waals surface area (Å²) in [6.07, 6.45) is 8.38. The average molecular weight is 252 g/mol. The summed E-state index contributed by atoms with van der Waals surface area (Å²) in [4.78, 5) is 2.80. The zero-order valence-corrected chi connectivity index (χ0v) is 12.6. The molecule has 0 aromatic carbocycles. The monoisotopic (exact) mass is 252 g/mol. The number of rotatable bonds is 4. The fourth-order valence-electron chi connectivity index (χ4n) is 3.74.